The van der Waals surface area contributed by atoms with E-state index in [1.807, 2.05) is 77.8 Å². The summed E-state index contributed by atoms with van der Waals surface area (Å²) >= 11 is 12.4. The van der Waals surface area contributed by atoms with E-state index >= 15 is 0 Å². The first kappa shape index (κ1) is 30.8. The molecule has 2 aromatic carbocycles. The van der Waals surface area contributed by atoms with Crippen LogP contribution in [0.2, 0.25) is 10.0 Å². The number of aryl methyl sites for hydroxylation is 4. The molecule has 0 bridgehead atoms. The van der Waals surface area contributed by atoms with Crippen molar-refractivity contribution in [3.05, 3.63) is 118 Å². The highest BCUT2D eigenvalue weighted by molar-refractivity contribution is 6.35. The molecule has 0 fully saturated rings. The lowest BCUT2D eigenvalue weighted by molar-refractivity contribution is 0.476. The molecule has 0 N–H and O–H groups in total. The monoisotopic (exact) mass is 622 g/mol. The highest BCUT2D eigenvalue weighted by Gasteiger charge is 2.10. The predicted octanol–water partition coefficient (Wildman–Crippen LogP) is 7.68. The van der Waals surface area contributed by atoms with E-state index in [0.717, 1.165) is 63.7 Å². The van der Waals surface area contributed by atoms with Gasteiger partial charge in [-0.15, -0.1) is 0 Å². The fourth-order valence-electron chi connectivity index (χ4n) is 4.70. The standard InChI is InChI=1S/C18H15ClFN3.C17H14ClN3/c1-23-17(22-16-10-5-9-15(19)18(16)23)11-3-2-6-13-7-4-8-14(12-20)21-13;1-21-16(20-15-10-6-9-14(18)17(15)21)11-3-2-7-13-8-4-5-12-19-13/h4-5,7-10H,3,11-12H2,1H3;4-6,8-10,12H,3,11H2,1H3. The van der Waals surface area contributed by atoms with Crippen LogP contribution in [0.25, 0.3) is 22.1 Å². The molecule has 44 heavy (non-hydrogen) atoms. The number of benzene rings is 2. The third kappa shape index (κ3) is 7.44. The number of hydrogen-bond donors (Lipinski definition) is 0. The van der Waals surface area contributed by atoms with E-state index in [-0.39, 0.29) is 0 Å². The zero-order chi connectivity index (χ0) is 30.9. The van der Waals surface area contributed by atoms with Crippen LogP contribution in [0, 0.1) is 23.7 Å². The summed E-state index contributed by atoms with van der Waals surface area (Å²) in [6.07, 6.45) is 4.65. The molecule has 0 unspecified atom stereocenters. The number of imidazole rings is 2. The predicted molar refractivity (Wildman–Crippen MR) is 175 cm³/mol. The maximum absolute atomic E-state index is 12.6. The highest BCUT2D eigenvalue weighted by Crippen LogP contribution is 2.25. The first-order valence-corrected chi connectivity index (χ1v) is 14.8. The minimum Gasteiger partial charge on any atom is -0.330 e. The number of alkyl halides is 1. The molecule has 4 aromatic heterocycles. The average molecular weight is 624 g/mol. The van der Waals surface area contributed by atoms with E-state index in [4.69, 9.17) is 23.2 Å². The summed E-state index contributed by atoms with van der Waals surface area (Å²) in [6.45, 7) is -0.573. The fourth-order valence-corrected chi connectivity index (χ4v) is 5.29. The Balaban J connectivity index is 0.000000175. The number of nitrogens with zero attached hydrogens (tertiary/aromatic N) is 6. The minimum absolute atomic E-state index is 0.404. The first-order chi connectivity index (χ1) is 21.4. The third-order valence-electron chi connectivity index (χ3n) is 6.86. The lowest BCUT2D eigenvalue weighted by atomic mass is 10.2. The molecule has 0 radical (unpaired) electrons. The van der Waals surface area contributed by atoms with Gasteiger partial charge in [-0.2, -0.15) is 0 Å². The van der Waals surface area contributed by atoms with E-state index in [1.54, 1.807) is 24.4 Å². The molecule has 0 aliphatic carbocycles. The van der Waals surface area contributed by atoms with Crippen molar-refractivity contribution >= 4 is 45.3 Å². The normalized spacial score (nSPS) is 10.5. The van der Waals surface area contributed by atoms with Crippen molar-refractivity contribution in [1.29, 1.82) is 0 Å². The molecule has 0 saturated carbocycles. The first-order valence-electron chi connectivity index (χ1n) is 14.0. The maximum Gasteiger partial charge on any atom is 0.131 e. The topological polar surface area (TPSA) is 61.4 Å². The van der Waals surface area contributed by atoms with Crippen LogP contribution in [0.5, 0.6) is 0 Å². The van der Waals surface area contributed by atoms with Gasteiger partial charge in [0.2, 0.25) is 0 Å². The highest BCUT2D eigenvalue weighted by atomic mass is 35.5. The Hall–Kier alpha value is -4.69. The molecule has 0 aliphatic rings. The summed E-state index contributed by atoms with van der Waals surface area (Å²) in [5.74, 6) is 14.2. The van der Waals surface area contributed by atoms with Gasteiger partial charge < -0.3 is 9.13 Å². The summed E-state index contributed by atoms with van der Waals surface area (Å²) in [5.41, 5.74) is 5.53. The van der Waals surface area contributed by atoms with Gasteiger partial charge in [-0.1, -0.05) is 59.3 Å². The van der Waals surface area contributed by atoms with Crippen LogP contribution in [-0.4, -0.2) is 29.1 Å². The molecule has 9 heteroatoms. The summed E-state index contributed by atoms with van der Waals surface area (Å²) in [6, 6.07) is 22.4. The van der Waals surface area contributed by atoms with E-state index in [0.29, 0.717) is 22.8 Å². The molecule has 0 amide bonds. The van der Waals surface area contributed by atoms with Crippen molar-refractivity contribution in [1.82, 2.24) is 29.1 Å². The van der Waals surface area contributed by atoms with Gasteiger partial charge in [0.15, 0.2) is 0 Å². The average Bonchev–Trinajstić information content (AvgIpc) is 3.55. The molecule has 6 aromatic rings. The molecule has 0 atom stereocenters. The van der Waals surface area contributed by atoms with Crippen LogP contribution >= 0.6 is 23.2 Å². The van der Waals surface area contributed by atoms with Crippen LogP contribution in [0.1, 0.15) is 41.6 Å². The van der Waals surface area contributed by atoms with E-state index < -0.39 is 6.67 Å². The summed E-state index contributed by atoms with van der Waals surface area (Å²) in [4.78, 5) is 17.5. The van der Waals surface area contributed by atoms with E-state index in [9.17, 15) is 4.39 Å². The molecule has 6 nitrogen and oxygen atoms in total. The van der Waals surface area contributed by atoms with Crippen molar-refractivity contribution in [3.63, 3.8) is 0 Å². The number of halogens is 3. The van der Waals surface area contributed by atoms with Crippen molar-refractivity contribution in [2.45, 2.75) is 32.4 Å². The van der Waals surface area contributed by atoms with Gasteiger partial charge in [0, 0.05) is 46.0 Å². The van der Waals surface area contributed by atoms with Crippen molar-refractivity contribution in [2.24, 2.45) is 14.1 Å². The van der Waals surface area contributed by atoms with Crippen LogP contribution < -0.4 is 0 Å². The molecular weight excluding hydrogens is 594 g/mol. The van der Waals surface area contributed by atoms with Gasteiger partial charge >= 0.3 is 0 Å². The molecule has 0 spiro atoms. The Morgan fingerprint density at radius 3 is 1.73 bits per heavy atom. The summed E-state index contributed by atoms with van der Waals surface area (Å²) < 4.78 is 16.6. The number of fused-ring (bicyclic) bond motifs is 2. The second-order valence-electron chi connectivity index (χ2n) is 9.86. The van der Waals surface area contributed by atoms with Crippen LogP contribution in [0.15, 0.2) is 79.0 Å². The molecule has 4 heterocycles. The minimum atomic E-state index is -0.573. The van der Waals surface area contributed by atoms with Gasteiger partial charge in [-0.3, -0.25) is 0 Å². The van der Waals surface area contributed by atoms with Gasteiger partial charge in [0.25, 0.3) is 0 Å². The summed E-state index contributed by atoms with van der Waals surface area (Å²) in [7, 11) is 3.94. The van der Waals surface area contributed by atoms with E-state index in [1.165, 1.54) is 0 Å². The number of aromatic nitrogens is 6. The Bertz CT molecular complexity index is 2030. The van der Waals surface area contributed by atoms with Crippen LogP contribution in [0.4, 0.5) is 4.39 Å². The van der Waals surface area contributed by atoms with Crippen molar-refractivity contribution < 1.29 is 4.39 Å². The Morgan fingerprint density at radius 1 is 0.659 bits per heavy atom. The lowest BCUT2D eigenvalue weighted by Gasteiger charge is -2.00. The van der Waals surface area contributed by atoms with Crippen LogP contribution in [-0.2, 0) is 33.6 Å². The SMILES string of the molecule is Cn1c(CCC#Cc2cccc(CF)n2)nc2cccc(Cl)c21.Cn1c(CCC#Cc2ccccn2)nc2cccc(Cl)c21. The Labute approximate surface area is 265 Å². The second-order valence-corrected chi connectivity index (χ2v) is 10.7. The number of rotatable bonds is 5. The van der Waals surface area contributed by atoms with E-state index in [2.05, 4.69) is 43.6 Å². The number of hydrogen-bond acceptors (Lipinski definition) is 4. The maximum atomic E-state index is 12.6. The van der Waals surface area contributed by atoms with Crippen molar-refractivity contribution in [3.8, 4) is 23.7 Å². The summed E-state index contributed by atoms with van der Waals surface area (Å²) in [5, 5.41) is 1.43. The molecule has 0 aliphatic heterocycles. The number of para-hydroxylation sites is 2. The van der Waals surface area contributed by atoms with Gasteiger partial charge in [0.05, 0.1) is 37.8 Å². The third-order valence-corrected chi connectivity index (χ3v) is 7.47. The Kier molecular flexibility index (Phi) is 10.2. The molecular formula is C35H29Cl2FN6. The smallest absolute Gasteiger partial charge is 0.131 e. The molecule has 0 saturated heterocycles. The fraction of sp³-hybridized carbons (Fsp3) is 0.200. The largest absolute Gasteiger partial charge is 0.330 e. The quantitative estimate of drug-likeness (QED) is 0.185. The lowest BCUT2D eigenvalue weighted by Crippen LogP contribution is -1.97. The number of pyridine rings is 2. The second kappa shape index (κ2) is 14.7. The zero-order valence-corrected chi connectivity index (χ0v) is 25.9. The molecule has 220 valence electrons. The molecule has 6 rings (SSSR count). The zero-order valence-electron chi connectivity index (χ0n) is 24.4. The van der Waals surface area contributed by atoms with Gasteiger partial charge in [0.1, 0.15) is 29.7 Å². The van der Waals surface area contributed by atoms with Crippen molar-refractivity contribution in [2.75, 3.05) is 0 Å². The van der Waals surface area contributed by atoms with Gasteiger partial charge in [-0.25, -0.2) is 24.3 Å². The Morgan fingerprint density at radius 2 is 1.20 bits per heavy atom. The van der Waals surface area contributed by atoms with Gasteiger partial charge in [-0.05, 0) is 60.4 Å². The van der Waals surface area contributed by atoms with Crippen LogP contribution in [0.3, 0.4) is 0 Å².